The summed E-state index contributed by atoms with van der Waals surface area (Å²) in [4.78, 5) is 12.5. The van der Waals surface area contributed by atoms with Gasteiger partial charge in [-0.25, -0.2) is 0 Å². The second kappa shape index (κ2) is 8.42. The molecule has 0 aliphatic carbocycles. The molecule has 1 amide bonds. The van der Waals surface area contributed by atoms with Gasteiger partial charge < -0.3 is 9.67 Å². The Labute approximate surface area is 186 Å². The van der Waals surface area contributed by atoms with Crippen molar-refractivity contribution in [3.8, 4) is 5.88 Å². The number of aryl methyl sites for hydroxylation is 1. The highest BCUT2D eigenvalue weighted by Crippen LogP contribution is 2.41. The first-order chi connectivity index (χ1) is 14.4. The minimum atomic E-state index is -0.472. The van der Waals surface area contributed by atoms with E-state index in [1.165, 1.54) is 0 Å². The first kappa shape index (κ1) is 20.3. The first-order valence-corrected chi connectivity index (χ1v) is 10.4. The molecule has 0 bridgehead atoms. The Morgan fingerprint density at radius 3 is 2.67 bits per heavy atom. The van der Waals surface area contributed by atoms with Crippen LogP contribution in [0.5, 0.6) is 5.88 Å². The normalized spacial score (nSPS) is 11.4. The third-order valence-corrected chi connectivity index (χ3v) is 5.63. The fourth-order valence-electron chi connectivity index (χ4n) is 3.28. The average molecular weight is 483 g/mol. The van der Waals surface area contributed by atoms with Crippen molar-refractivity contribution in [2.75, 3.05) is 0 Å². The summed E-state index contributed by atoms with van der Waals surface area (Å²) in [5.74, 6) is -0.552. The van der Waals surface area contributed by atoms with E-state index >= 15 is 0 Å². The van der Waals surface area contributed by atoms with Crippen molar-refractivity contribution < 1.29 is 9.90 Å². The molecule has 0 radical (unpaired) electrons. The lowest BCUT2D eigenvalue weighted by Gasteiger charge is -2.08. The van der Waals surface area contributed by atoms with Gasteiger partial charge in [-0.05, 0) is 48.9 Å². The number of rotatable bonds is 4. The van der Waals surface area contributed by atoms with Gasteiger partial charge in [-0.1, -0.05) is 63.4 Å². The summed E-state index contributed by atoms with van der Waals surface area (Å²) in [6, 6.07) is 20.2. The number of carbonyl (C=O) groups excluding carboxylic acids is 1. The molecule has 30 heavy (non-hydrogen) atoms. The van der Waals surface area contributed by atoms with E-state index in [4.69, 9.17) is 11.6 Å². The quantitative estimate of drug-likeness (QED) is 0.317. The van der Waals surface area contributed by atoms with E-state index in [2.05, 4.69) is 26.2 Å². The number of hydrogen-bond acceptors (Lipinski definition) is 3. The van der Waals surface area contributed by atoms with Gasteiger partial charge in [0.25, 0.3) is 5.91 Å². The maximum absolute atomic E-state index is 12.5. The Balaban J connectivity index is 1.78. The lowest BCUT2D eigenvalue weighted by atomic mass is 10.1. The third-order valence-electron chi connectivity index (χ3n) is 4.76. The van der Waals surface area contributed by atoms with Crippen molar-refractivity contribution in [1.29, 1.82) is 0 Å². The Morgan fingerprint density at radius 2 is 1.90 bits per heavy atom. The van der Waals surface area contributed by atoms with Crippen molar-refractivity contribution in [3.05, 3.63) is 92.9 Å². The van der Waals surface area contributed by atoms with Crippen LogP contribution in [0.15, 0.2) is 81.4 Å². The number of halogens is 2. The number of aromatic nitrogens is 1. The molecule has 0 atom stereocenters. The lowest BCUT2D eigenvalue weighted by Crippen LogP contribution is -1.99. The molecule has 5 nitrogen and oxygen atoms in total. The zero-order valence-electron chi connectivity index (χ0n) is 16.0. The van der Waals surface area contributed by atoms with Crippen molar-refractivity contribution in [1.82, 2.24) is 4.57 Å². The predicted molar refractivity (Wildman–Crippen MR) is 122 cm³/mol. The zero-order chi connectivity index (χ0) is 21.3. The van der Waals surface area contributed by atoms with E-state index in [1.807, 2.05) is 49.4 Å². The maximum Gasteiger partial charge on any atom is 0.295 e. The number of aromatic hydroxyl groups is 1. The van der Waals surface area contributed by atoms with Crippen molar-refractivity contribution >= 4 is 50.0 Å². The van der Waals surface area contributed by atoms with E-state index in [-0.39, 0.29) is 11.6 Å². The number of hydrogen-bond donors (Lipinski definition) is 1. The number of fused-ring (bicyclic) bond motifs is 1. The Bertz CT molecular complexity index is 1300. The number of amides is 1. The molecule has 0 saturated carbocycles. The molecule has 4 rings (SSSR count). The summed E-state index contributed by atoms with van der Waals surface area (Å²) in [5, 5.41) is 20.2. The molecular weight excluding hydrogens is 466 g/mol. The molecule has 0 aliphatic heterocycles. The van der Waals surface area contributed by atoms with Crippen LogP contribution in [-0.2, 0) is 6.54 Å². The van der Waals surface area contributed by atoms with Crippen molar-refractivity contribution in [2.45, 2.75) is 13.5 Å². The summed E-state index contributed by atoms with van der Waals surface area (Å²) < 4.78 is 2.53. The second-order valence-corrected chi connectivity index (χ2v) is 8.21. The number of benzene rings is 3. The van der Waals surface area contributed by atoms with Gasteiger partial charge in [-0.2, -0.15) is 0 Å². The first-order valence-electron chi connectivity index (χ1n) is 9.21. The van der Waals surface area contributed by atoms with Crippen LogP contribution in [0.25, 0.3) is 10.9 Å². The van der Waals surface area contributed by atoms with Crippen LogP contribution in [0, 0.1) is 6.92 Å². The molecule has 1 heterocycles. The topological polar surface area (TPSA) is 66.9 Å². The van der Waals surface area contributed by atoms with Crippen LogP contribution in [0.3, 0.4) is 0 Å². The number of nitrogens with zero attached hydrogens (tertiary/aromatic N) is 3. The zero-order valence-corrected chi connectivity index (χ0v) is 18.4. The van der Waals surface area contributed by atoms with Gasteiger partial charge in [0.05, 0.1) is 12.1 Å². The Hall–Kier alpha value is -2.96. The van der Waals surface area contributed by atoms with E-state index in [0.29, 0.717) is 22.5 Å². The maximum atomic E-state index is 12.5. The molecule has 0 aliphatic rings. The predicted octanol–water partition coefficient (Wildman–Crippen LogP) is 7.04. The van der Waals surface area contributed by atoms with Gasteiger partial charge >= 0.3 is 0 Å². The molecule has 7 heteroatoms. The molecule has 0 spiro atoms. The van der Waals surface area contributed by atoms with Crippen molar-refractivity contribution in [2.24, 2.45) is 10.2 Å². The van der Waals surface area contributed by atoms with Crippen molar-refractivity contribution in [3.63, 3.8) is 0 Å². The van der Waals surface area contributed by atoms with E-state index in [1.54, 1.807) is 28.8 Å². The average Bonchev–Trinajstić information content (AvgIpc) is 2.98. The van der Waals surface area contributed by atoms with E-state index in [9.17, 15) is 9.90 Å². The van der Waals surface area contributed by atoms with Gasteiger partial charge in [0, 0.05) is 20.4 Å². The summed E-state index contributed by atoms with van der Waals surface area (Å²) in [5.41, 5.74) is 3.25. The highest BCUT2D eigenvalue weighted by Gasteiger charge is 2.18. The monoisotopic (exact) mass is 481 g/mol. The minimum absolute atomic E-state index is 0.0798. The Morgan fingerprint density at radius 1 is 1.10 bits per heavy atom. The summed E-state index contributed by atoms with van der Waals surface area (Å²) in [6.07, 6.45) is 0. The fourth-order valence-corrected chi connectivity index (χ4v) is 3.84. The minimum Gasteiger partial charge on any atom is -0.493 e. The Kier molecular flexibility index (Phi) is 5.70. The highest BCUT2D eigenvalue weighted by molar-refractivity contribution is 9.10. The summed E-state index contributed by atoms with van der Waals surface area (Å²) in [6.45, 7) is 2.25. The van der Waals surface area contributed by atoms with Gasteiger partial charge in [0.2, 0.25) is 5.88 Å². The van der Waals surface area contributed by atoms with Crippen LogP contribution in [-0.4, -0.2) is 15.6 Å². The molecule has 0 saturated heterocycles. The standard InChI is InChI=1S/C23H17BrClN3O2/c1-14-5-4-7-15(11-14)22(29)27-26-21-18-12-17(24)9-10-20(18)28(23(21)30)13-16-6-2-3-8-19(16)25/h2-12,30H,13H2,1H3. The molecule has 0 fully saturated rings. The highest BCUT2D eigenvalue weighted by atomic mass is 79.9. The summed E-state index contributed by atoms with van der Waals surface area (Å²) in [7, 11) is 0. The molecule has 150 valence electrons. The number of azo groups is 1. The van der Waals surface area contributed by atoms with Gasteiger partial charge in [-0.15, -0.1) is 10.2 Å². The van der Waals surface area contributed by atoms with E-state index in [0.717, 1.165) is 21.1 Å². The van der Waals surface area contributed by atoms with Crippen LogP contribution in [0.1, 0.15) is 21.5 Å². The van der Waals surface area contributed by atoms with Crippen LogP contribution in [0.2, 0.25) is 5.02 Å². The second-order valence-electron chi connectivity index (χ2n) is 6.89. The number of carbonyl (C=O) groups is 1. The van der Waals surface area contributed by atoms with Gasteiger partial charge in [-0.3, -0.25) is 4.79 Å². The van der Waals surface area contributed by atoms with Crippen LogP contribution in [0.4, 0.5) is 5.69 Å². The van der Waals surface area contributed by atoms with Crippen LogP contribution >= 0.6 is 27.5 Å². The largest absolute Gasteiger partial charge is 0.493 e. The van der Waals surface area contributed by atoms with E-state index < -0.39 is 5.91 Å². The molecule has 3 aromatic carbocycles. The van der Waals surface area contributed by atoms with Gasteiger partial charge in [0.15, 0.2) is 5.69 Å². The molecule has 0 unspecified atom stereocenters. The fraction of sp³-hybridized carbons (Fsp3) is 0.0870. The molecule has 1 N–H and O–H groups in total. The molecule has 1 aromatic heterocycles. The SMILES string of the molecule is Cc1cccc(C(=O)N=Nc2c(O)n(Cc3ccccc3Cl)c3ccc(Br)cc23)c1. The van der Waals surface area contributed by atoms with Crippen LogP contribution < -0.4 is 0 Å². The smallest absolute Gasteiger partial charge is 0.295 e. The third kappa shape index (κ3) is 4.01. The summed E-state index contributed by atoms with van der Waals surface area (Å²) >= 11 is 9.76. The molecule has 4 aromatic rings. The molecular formula is C23H17BrClN3O2. The van der Waals surface area contributed by atoms with Gasteiger partial charge in [0.1, 0.15) is 0 Å². The lowest BCUT2D eigenvalue weighted by molar-refractivity contribution is 0.0995.